The lowest BCUT2D eigenvalue weighted by Gasteiger charge is -2.49. The number of rotatable bonds is 7. The van der Waals surface area contributed by atoms with Crippen LogP contribution in [0.5, 0.6) is 11.5 Å². The molecular weight excluding hydrogens is 547 g/mol. The van der Waals surface area contributed by atoms with Crippen LogP contribution in [-0.2, 0) is 11.8 Å². The standard InChI is InChI=1S/C32H33FN8O2/c1-6-29(42)41-16-19-7-8-20(41)12-22(19)24-9-10-25(34-3)30(38-24)31(35-4)39-26-11-18(2)28(14-23(26)33)43-21-13-27-32(36-15-21)40(5)17-37-27/h6,9-11,13-15,17,19-20,22H,1,3,7-8,12,16H2,2,4-5H3,(H,35,39)/t19-,20-,22+/m1/s1. The third-order valence-corrected chi connectivity index (χ3v) is 8.46. The van der Waals surface area contributed by atoms with Gasteiger partial charge in [0.2, 0.25) is 5.91 Å². The second kappa shape index (κ2) is 11.4. The monoisotopic (exact) mass is 580 g/mol. The highest BCUT2D eigenvalue weighted by molar-refractivity contribution is 6.10. The van der Waals surface area contributed by atoms with Crippen LogP contribution in [0, 0.1) is 18.7 Å². The Morgan fingerprint density at radius 3 is 2.79 bits per heavy atom. The third kappa shape index (κ3) is 5.26. The van der Waals surface area contributed by atoms with Gasteiger partial charge in [0.05, 0.1) is 23.9 Å². The Balaban J connectivity index is 1.24. The summed E-state index contributed by atoms with van der Waals surface area (Å²) in [6, 6.07) is 8.78. The largest absolute Gasteiger partial charge is 0.455 e. The van der Waals surface area contributed by atoms with Crippen LogP contribution in [0.15, 0.2) is 65.5 Å². The number of imidazole rings is 1. The number of fused-ring (bicyclic) bond motifs is 4. The number of nitrogens with one attached hydrogen (secondary N) is 1. The number of benzene rings is 1. The molecule has 3 fully saturated rings. The Hall–Kier alpha value is -4.93. The maximum atomic E-state index is 15.5. The van der Waals surface area contributed by atoms with Gasteiger partial charge in [0, 0.05) is 50.4 Å². The highest BCUT2D eigenvalue weighted by atomic mass is 19.1. The van der Waals surface area contributed by atoms with Gasteiger partial charge in [-0.2, -0.15) is 0 Å². The van der Waals surface area contributed by atoms with Crippen molar-refractivity contribution in [1.82, 2.24) is 24.4 Å². The van der Waals surface area contributed by atoms with Crippen LogP contribution in [0.4, 0.5) is 15.8 Å². The molecule has 1 amide bonds. The number of carbonyl (C=O) groups is 1. The summed E-state index contributed by atoms with van der Waals surface area (Å²) in [5, 5.41) is 3.12. The number of aryl methyl sites for hydroxylation is 2. The summed E-state index contributed by atoms with van der Waals surface area (Å²) in [5.41, 5.74) is 4.28. The predicted molar refractivity (Wildman–Crippen MR) is 165 cm³/mol. The van der Waals surface area contributed by atoms with E-state index >= 15 is 4.39 Å². The highest BCUT2D eigenvalue weighted by Crippen LogP contribution is 2.45. The Labute approximate surface area is 249 Å². The van der Waals surface area contributed by atoms with Crippen LogP contribution in [0.25, 0.3) is 11.2 Å². The zero-order chi connectivity index (χ0) is 30.2. The molecule has 7 rings (SSSR count). The van der Waals surface area contributed by atoms with E-state index in [1.54, 1.807) is 31.7 Å². The number of hydrogen-bond acceptors (Lipinski definition) is 7. The van der Waals surface area contributed by atoms with Crippen molar-refractivity contribution in [2.75, 3.05) is 18.9 Å². The van der Waals surface area contributed by atoms with Gasteiger partial charge in [-0.3, -0.25) is 14.8 Å². The third-order valence-electron chi connectivity index (χ3n) is 8.46. The van der Waals surface area contributed by atoms with Crippen molar-refractivity contribution >= 4 is 41.0 Å². The van der Waals surface area contributed by atoms with E-state index in [1.165, 1.54) is 12.1 Å². The Bertz CT molecular complexity index is 1780. The second-order valence-corrected chi connectivity index (χ2v) is 11.1. The molecular formula is C32H33FN8O2. The minimum absolute atomic E-state index is 0.0164. The van der Waals surface area contributed by atoms with Gasteiger partial charge in [0.15, 0.2) is 11.5 Å². The van der Waals surface area contributed by atoms with Crippen LogP contribution in [0.2, 0.25) is 0 Å². The molecule has 1 aliphatic carbocycles. The zero-order valence-electron chi connectivity index (χ0n) is 24.4. The Morgan fingerprint density at radius 1 is 1.23 bits per heavy atom. The van der Waals surface area contributed by atoms with Crippen molar-refractivity contribution in [2.45, 2.75) is 38.1 Å². The van der Waals surface area contributed by atoms with E-state index in [1.807, 2.05) is 35.6 Å². The van der Waals surface area contributed by atoms with Gasteiger partial charge in [0.25, 0.3) is 0 Å². The molecule has 0 radical (unpaired) electrons. The van der Waals surface area contributed by atoms with Crippen molar-refractivity contribution in [3.63, 3.8) is 0 Å². The quantitative estimate of drug-likeness (QED) is 0.171. The molecule has 2 saturated heterocycles. The predicted octanol–water partition coefficient (Wildman–Crippen LogP) is 5.70. The summed E-state index contributed by atoms with van der Waals surface area (Å²) in [4.78, 5) is 36.5. The van der Waals surface area contributed by atoms with Crippen molar-refractivity contribution in [2.24, 2.45) is 23.0 Å². The number of pyridine rings is 2. The SMILES string of the molecule is C=CC(=O)N1C[C@H]2CC[C@@H]1C[C@@H]2c1ccc(N=C)c(/C(=N\C)Nc2cc(C)c(Oc3cnc4c(c3)ncn4C)cc2F)n1. The molecule has 2 aliphatic heterocycles. The van der Waals surface area contributed by atoms with E-state index in [0.717, 1.165) is 30.6 Å². The fraction of sp³-hybridized carbons (Fsp3) is 0.312. The summed E-state index contributed by atoms with van der Waals surface area (Å²) in [6.45, 7) is 9.89. The molecule has 1 aromatic carbocycles. The van der Waals surface area contributed by atoms with Crippen molar-refractivity contribution in [3.8, 4) is 11.5 Å². The molecule has 43 heavy (non-hydrogen) atoms. The molecule has 220 valence electrons. The number of amidine groups is 1. The molecule has 1 saturated carbocycles. The molecule has 10 nitrogen and oxygen atoms in total. The van der Waals surface area contributed by atoms with E-state index in [4.69, 9.17) is 9.72 Å². The van der Waals surface area contributed by atoms with Crippen LogP contribution in [-0.4, -0.2) is 62.5 Å². The average molecular weight is 581 g/mol. The Kier molecular flexibility index (Phi) is 7.47. The number of piperidine rings is 2. The zero-order valence-corrected chi connectivity index (χ0v) is 24.4. The number of carbonyl (C=O) groups excluding carboxylic acids is 1. The minimum Gasteiger partial charge on any atom is -0.455 e. The van der Waals surface area contributed by atoms with Crippen molar-refractivity contribution in [1.29, 1.82) is 0 Å². The fourth-order valence-corrected chi connectivity index (χ4v) is 6.24. The molecule has 0 unspecified atom stereocenters. The molecule has 2 bridgehead atoms. The summed E-state index contributed by atoms with van der Waals surface area (Å²) in [5.74, 6) is 1.14. The summed E-state index contributed by atoms with van der Waals surface area (Å²) in [6.07, 6.45) is 7.51. The van der Waals surface area contributed by atoms with Gasteiger partial charge in [-0.1, -0.05) is 6.58 Å². The smallest absolute Gasteiger partial charge is 0.246 e. The minimum atomic E-state index is -0.519. The van der Waals surface area contributed by atoms with Gasteiger partial charge >= 0.3 is 0 Å². The molecule has 0 spiro atoms. The molecule has 3 aliphatic rings. The first-order valence-corrected chi connectivity index (χ1v) is 14.2. The average Bonchev–Trinajstić information content (AvgIpc) is 3.40. The molecule has 5 heterocycles. The topological polar surface area (TPSA) is 110 Å². The molecule has 11 heteroatoms. The first-order valence-electron chi connectivity index (χ1n) is 14.2. The van der Waals surface area contributed by atoms with Crippen LogP contribution < -0.4 is 10.1 Å². The number of amides is 1. The van der Waals surface area contributed by atoms with Gasteiger partial charge < -0.3 is 19.5 Å². The summed E-state index contributed by atoms with van der Waals surface area (Å²) >= 11 is 0. The van der Waals surface area contributed by atoms with Crippen LogP contribution in [0.3, 0.4) is 0 Å². The molecule has 4 aromatic rings. The summed E-state index contributed by atoms with van der Waals surface area (Å²) in [7, 11) is 3.48. The van der Waals surface area contributed by atoms with Crippen molar-refractivity contribution < 1.29 is 13.9 Å². The number of hydrogen-bond donors (Lipinski definition) is 1. The van der Waals surface area contributed by atoms with E-state index in [-0.39, 0.29) is 23.6 Å². The molecule has 3 atom stereocenters. The number of nitrogens with zero attached hydrogens (tertiary/aromatic N) is 7. The van der Waals surface area contributed by atoms with Gasteiger partial charge in [-0.25, -0.2) is 19.3 Å². The van der Waals surface area contributed by atoms with E-state index in [0.29, 0.717) is 52.3 Å². The van der Waals surface area contributed by atoms with E-state index in [9.17, 15) is 4.79 Å². The number of aliphatic imine (C=N–C) groups is 2. The maximum absolute atomic E-state index is 15.5. The number of ether oxygens (including phenoxy) is 1. The maximum Gasteiger partial charge on any atom is 0.246 e. The molecule has 3 aromatic heterocycles. The van der Waals surface area contributed by atoms with Gasteiger partial charge in [0.1, 0.15) is 28.5 Å². The highest BCUT2D eigenvalue weighted by Gasteiger charge is 2.43. The first-order chi connectivity index (χ1) is 20.8. The van der Waals surface area contributed by atoms with E-state index in [2.05, 4.69) is 38.6 Å². The first kappa shape index (κ1) is 28.2. The van der Waals surface area contributed by atoms with E-state index < -0.39 is 5.82 Å². The fourth-order valence-electron chi connectivity index (χ4n) is 6.24. The van der Waals surface area contributed by atoms with Crippen molar-refractivity contribution in [3.05, 3.63) is 78.3 Å². The molecule has 1 N–H and O–H groups in total. The lowest BCUT2D eigenvalue weighted by Crippen LogP contribution is -2.53. The van der Waals surface area contributed by atoms with Crippen LogP contribution in [0.1, 0.15) is 42.1 Å². The lowest BCUT2D eigenvalue weighted by atomic mass is 9.70. The van der Waals surface area contributed by atoms with Gasteiger partial charge in [-0.05, 0) is 68.7 Å². The number of anilines is 1. The Morgan fingerprint density at radius 2 is 2.07 bits per heavy atom. The number of halogens is 1. The summed E-state index contributed by atoms with van der Waals surface area (Å²) < 4.78 is 23.3. The lowest BCUT2D eigenvalue weighted by molar-refractivity contribution is -0.134. The number of aromatic nitrogens is 4. The van der Waals surface area contributed by atoms with Gasteiger partial charge in [-0.15, -0.1) is 0 Å². The second-order valence-electron chi connectivity index (χ2n) is 11.1. The van der Waals surface area contributed by atoms with Crippen LogP contribution >= 0.6 is 0 Å². The normalized spacial score (nSPS) is 19.9.